The zero-order chi connectivity index (χ0) is 22.4. The average molecular weight is 504 g/mol. The Labute approximate surface area is 192 Å². The Morgan fingerprint density at radius 1 is 1.10 bits per heavy atom. The second-order valence-corrected chi connectivity index (χ2v) is 8.60. The molecule has 1 N–H and O–H groups in total. The van der Waals surface area contributed by atoms with Gasteiger partial charge < -0.3 is 10.1 Å². The lowest BCUT2D eigenvalue weighted by molar-refractivity contribution is 0.104. The highest BCUT2D eigenvalue weighted by atomic mass is 79.9. The first-order chi connectivity index (χ1) is 14.9. The Bertz CT molecular complexity index is 1120. The van der Waals surface area contributed by atoms with E-state index in [1.54, 1.807) is 19.1 Å². The van der Waals surface area contributed by atoms with Crippen molar-refractivity contribution in [2.75, 3.05) is 12.4 Å². The van der Waals surface area contributed by atoms with Crippen LogP contribution in [0.3, 0.4) is 0 Å². The molecule has 0 unspecified atom stereocenters. The van der Waals surface area contributed by atoms with Crippen LogP contribution in [-0.4, -0.2) is 12.9 Å². The van der Waals surface area contributed by atoms with Crippen LogP contribution in [0, 0.1) is 11.6 Å². The first-order valence-electron chi connectivity index (χ1n) is 9.36. The number of anilines is 1. The lowest BCUT2D eigenvalue weighted by atomic mass is 10.1. The monoisotopic (exact) mass is 503 g/mol. The van der Waals surface area contributed by atoms with Gasteiger partial charge in [-0.05, 0) is 52.7 Å². The molecule has 31 heavy (non-hydrogen) atoms. The topological polar surface area (TPSA) is 38.3 Å². The van der Waals surface area contributed by atoms with Crippen molar-refractivity contribution in [1.29, 1.82) is 0 Å². The van der Waals surface area contributed by atoms with Gasteiger partial charge in [-0.15, -0.1) is 11.8 Å². The Hall–Kier alpha value is -2.64. The van der Waals surface area contributed by atoms with E-state index < -0.39 is 17.4 Å². The first kappa shape index (κ1) is 23.0. The summed E-state index contributed by atoms with van der Waals surface area (Å²) in [6, 6.07) is 17.1. The highest BCUT2D eigenvalue weighted by Gasteiger charge is 2.13. The van der Waals surface area contributed by atoms with E-state index in [0.717, 1.165) is 10.5 Å². The van der Waals surface area contributed by atoms with Gasteiger partial charge in [0.1, 0.15) is 17.4 Å². The second-order valence-electron chi connectivity index (χ2n) is 6.70. The minimum Gasteiger partial charge on any atom is -0.495 e. The third-order valence-electron chi connectivity index (χ3n) is 4.37. The minimum absolute atomic E-state index is 0.0202. The normalized spacial score (nSPS) is 11.3. The van der Waals surface area contributed by atoms with Crippen LogP contribution >= 0.6 is 27.7 Å². The molecule has 0 aromatic heterocycles. The van der Waals surface area contributed by atoms with Gasteiger partial charge in [0.2, 0.25) is 0 Å². The summed E-state index contributed by atoms with van der Waals surface area (Å²) in [5, 5.41) is 2.94. The fraction of sp³-hybridized carbons (Fsp3) is 0.125. The van der Waals surface area contributed by atoms with E-state index >= 15 is 0 Å². The van der Waals surface area contributed by atoms with Crippen LogP contribution in [0.25, 0.3) is 0 Å². The molecule has 3 nitrogen and oxygen atoms in total. The quantitative estimate of drug-likeness (QED) is 0.200. The number of carbonyl (C=O) groups excluding carboxylic acids is 1. The van der Waals surface area contributed by atoms with Crippen LogP contribution in [0.4, 0.5) is 14.5 Å². The summed E-state index contributed by atoms with van der Waals surface area (Å²) < 4.78 is 33.7. The van der Waals surface area contributed by atoms with Crippen LogP contribution in [0.2, 0.25) is 0 Å². The molecule has 0 aliphatic rings. The minimum atomic E-state index is -0.592. The number of hydrogen-bond donors (Lipinski definition) is 1. The molecule has 3 rings (SSSR count). The van der Waals surface area contributed by atoms with E-state index in [0.29, 0.717) is 22.9 Å². The Kier molecular flexibility index (Phi) is 7.87. The molecule has 0 saturated carbocycles. The molecule has 0 heterocycles. The summed E-state index contributed by atoms with van der Waals surface area (Å²) in [7, 11) is 1.46. The third kappa shape index (κ3) is 6.18. The van der Waals surface area contributed by atoms with E-state index in [4.69, 9.17) is 4.74 Å². The maximum atomic E-state index is 14.3. The van der Waals surface area contributed by atoms with Crippen molar-refractivity contribution in [2.45, 2.75) is 17.6 Å². The number of thioether (sulfide) groups is 1. The molecule has 0 aliphatic carbocycles. The summed E-state index contributed by atoms with van der Waals surface area (Å²) in [5.41, 5.74) is 1.90. The average Bonchev–Trinajstić information content (AvgIpc) is 2.76. The summed E-state index contributed by atoms with van der Waals surface area (Å²) >= 11 is 4.63. The summed E-state index contributed by atoms with van der Waals surface area (Å²) in [5.74, 6) is -0.437. The predicted octanol–water partition coefficient (Wildman–Crippen LogP) is 7.23. The van der Waals surface area contributed by atoms with Gasteiger partial charge in [-0.2, -0.15) is 0 Å². The van der Waals surface area contributed by atoms with Crippen LogP contribution in [0.5, 0.6) is 5.75 Å². The first-order valence-corrected chi connectivity index (χ1v) is 11.1. The summed E-state index contributed by atoms with van der Waals surface area (Å²) in [6.45, 7) is 1.64. The van der Waals surface area contributed by atoms with Gasteiger partial charge in [-0.1, -0.05) is 30.3 Å². The number of rotatable bonds is 8. The van der Waals surface area contributed by atoms with Gasteiger partial charge in [-0.3, -0.25) is 4.79 Å². The van der Waals surface area contributed by atoms with Crippen LogP contribution in [0.15, 0.2) is 81.8 Å². The van der Waals surface area contributed by atoms with Crippen molar-refractivity contribution >= 4 is 39.2 Å². The molecule has 0 saturated heterocycles. The van der Waals surface area contributed by atoms with Crippen LogP contribution in [0.1, 0.15) is 22.8 Å². The lowest BCUT2D eigenvalue weighted by Crippen LogP contribution is -2.05. The van der Waals surface area contributed by atoms with Crippen LogP contribution in [-0.2, 0) is 5.75 Å². The van der Waals surface area contributed by atoms with Crippen molar-refractivity contribution in [3.8, 4) is 5.75 Å². The molecule has 3 aromatic carbocycles. The van der Waals surface area contributed by atoms with Gasteiger partial charge in [-0.25, -0.2) is 8.78 Å². The fourth-order valence-corrected chi connectivity index (χ4v) is 4.06. The zero-order valence-electron chi connectivity index (χ0n) is 16.9. The van der Waals surface area contributed by atoms with Crippen molar-refractivity contribution in [2.24, 2.45) is 0 Å². The maximum Gasteiger partial charge on any atom is 0.190 e. The molecule has 0 spiro atoms. The summed E-state index contributed by atoms with van der Waals surface area (Å²) in [4.78, 5) is 13.5. The van der Waals surface area contributed by atoms with Gasteiger partial charge in [0, 0.05) is 28.5 Å². The van der Waals surface area contributed by atoms with Gasteiger partial charge >= 0.3 is 0 Å². The smallest absolute Gasteiger partial charge is 0.190 e. The van der Waals surface area contributed by atoms with E-state index in [-0.39, 0.29) is 10.0 Å². The van der Waals surface area contributed by atoms with Crippen molar-refractivity contribution in [3.63, 3.8) is 0 Å². The van der Waals surface area contributed by atoms with Crippen molar-refractivity contribution in [3.05, 3.63) is 99.7 Å². The van der Waals surface area contributed by atoms with Gasteiger partial charge in [0.15, 0.2) is 5.78 Å². The molecular weight excluding hydrogens is 484 g/mol. The third-order valence-corrected chi connectivity index (χ3v) is 6.05. The van der Waals surface area contributed by atoms with E-state index in [9.17, 15) is 13.6 Å². The largest absolute Gasteiger partial charge is 0.495 e. The number of halogens is 3. The molecule has 0 atom stereocenters. The molecule has 3 aromatic rings. The fourth-order valence-electron chi connectivity index (χ4n) is 2.84. The number of ketones is 1. The number of carbonyl (C=O) groups is 1. The van der Waals surface area contributed by atoms with E-state index in [1.165, 1.54) is 43.1 Å². The molecule has 0 radical (unpaired) electrons. The predicted molar refractivity (Wildman–Crippen MR) is 125 cm³/mol. The number of allylic oxidation sites excluding steroid dienone is 2. The SMILES string of the molecule is COc1cc(Br)c(F)cc1N/C(C)=C\C(=O)c1cc(SCc2ccccc2)ccc1F. The maximum absolute atomic E-state index is 14.3. The van der Waals surface area contributed by atoms with Gasteiger partial charge in [0.25, 0.3) is 0 Å². The molecule has 160 valence electrons. The molecule has 0 fully saturated rings. The highest BCUT2D eigenvalue weighted by Crippen LogP contribution is 2.31. The number of hydrogen-bond acceptors (Lipinski definition) is 4. The number of benzene rings is 3. The standard InChI is InChI=1S/C24H20BrF2NO2S/c1-15(28-22-13-21(27)19(25)12-24(22)30-2)10-23(29)18-11-17(8-9-20(18)26)31-14-16-6-4-3-5-7-16/h3-13,28H,14H2,1-2H3/b15-10-. The zero-order valence-corrected chi connectivity index (χ0v) is 19.3. The molecular formula is C24H20BrF2NO2S. The van der Waals surface area contributed by atoms with E-state index in [1.807, 2.05) is 30.3 Å². The molecule has 0 aliphatic heterocycles. The Balaban J connectivity index is 1.76. The van der Waals surface area contributed by atoms with Crippen LogP contribution < -0.4 is 10.1 Å². The van der Waals surface area contributed by atoms with Crippen molar-refractivity contribution in [1.82, 2.24) is 0 Å². The Morgan fingerprint density at radius 2 is 1.84 bits per heavy atom. The van der Waals surface area contributed by atoms with Gasteiger partial charge in [0.05, 0.1) is 22.8 Å². The highest BCUT2D eigenvalue weighted by molar-refractivity contribution is 9.10. The number of nitrogens with one attached hydrogen (secondary N) is 1. The van der Waals surface area contributed by atoms with Crippen molar-refractivity contribution < 1.29 is 18.3 Å². The number of methoxy groups -OCH3 is 1. The van der Waals surface area contributed by atoms with E-state index in [2.05, 4.69) is 21.2 Å². The Morgan fingerprint density at radius 3 is 2.55 bits per heavy atom. The molecule has 7 heteroatoms. The number of ether oxygens (including phenoxy) is 1. The molecule has 0 amide bonds. The second kappa shape index (κ2) is 10.6. The lowest BCUT2D eigenvalue weighted by Gasteiger charge is -2.12. The molecule has 0 bridgehead atoms. The summed E-state index contributed by atoms with van der Waals surface area (Å²) in [6.07, 6.45) is 1.28.